The first kappa shape index (κ1) is 13.9. The van der Waals surface area contributed by atoms with E-state index in [-0.39, 0.29) is 6.04 Å². The fourth-order valence-electron chi connectivity index (χ4n) is 2.43. The summed E-state index contributed by atoms with van der Waals surface area (Å²) in [5.41, 5.74) is 7.19. The van der Waals surface area contributed by atoms with Gasteiger partial charge in [-0.25, -0.2) is 4.68 Å². The maximum atomic E-state index is 6.03. The van der Waals surface area contributed by atoms with Crippen molar-refractivity contribution in [2.45, 2.75) is 13.0 Å². The number of anilines is 1. The first-order valence-corrected chi connectivity index (χ1v) is 7.45. The SMILES string of the molecule is COc1ccc2cc(C(C)n3ncc(Br)c3N)ccc2c1. The van der Waals surface area contributed by atoms with Crippen LogP contribution >= 0.6 is 15.9 Å². The zero-order valence-electron chi connectivity index (χ0n) is 11.9. The number of methoxy groups -OCH3 is 1. The molecule has 3 aromatic rings. The van der Waals surface area contributed by atoms with Crippen LogP contribution in [0, 0.1) is 0 Å². The largest absolute Gasteiger partial charge is 0.497 e. The second kappa shape index (κ2) is 5.41. The van der Waals surface area contributed by atoms with Gasteiger partial charge in [-0.3, -0.25) is 0 Å². The molecule has 0 aliphatic heterocycles. The molecule has 0 radical (unpaired) electrons. The summed E-state index contributed by atoms with van der Waals surface area (Å²) in [6.07, 6.45) is 1.72. The van der Waals surface area contributed by atoms with E-state index in [9.17, 15) is 0 Å². The number of halogens is 1. The summed E-state index contributed by atoms with van der Waals surface area (Å²) >= 11 is 3.39. The molecule has 1 heterocycles. The minimum Gasteiger partial charge on any atom is -0.497 e. The molecule has 21 heavy (non-hydrogen) atoms. The molecular formula is C16H16BrN3O. The first-order valence-electron chi connectivity index (χ1n) is 6.66. The maximum absolute atomic E-state index is 6.03. The smallest absolute Gasteiger partial charge is 0.136 e. The summed E-state index contributed by atoms with van der Waals surface area (Å²) in [6, 6.07) is 12.5. The number of nitrogens with zero attached hydrogens (tertiary/aromatic N) is 2. The number of nitrogen functional groups attached to an aromatic ring is 1. The van der Waals surface area contributed by atoms with Gasteiger partial charge in [0.1, 0.15) is 11.6 Å². The highest BCUT2D eigenvalue weighted by Crippen LogP contribution is 2.28. The van der Waals surface area contributed by atoms with Crippen molar-refractivity contribution in [1.82, 2.24) is 9.78 Å². The number of rotatable bonds is 3. The van der Waals surface area contributed by atoms with Crippen LogP contribution < -0.4 is 10.5 Å². The van der Waals surface area contributed by atoms with Crippen molar-refractivity contribution in [2.75, 3.05) is 12.8 Å². The average molecular weight is 346 g/mol. The molecule has 4 nitrogen and oxygen atoms in total. The van der Waals surface area contributed by atoms with Gasteiger partial charge in [-0.15, -0.1) is 0 Å². The Hall–Kier alpha value is -2.01. The zero-order chi connectivity index (χ0) is 15.0. The first-order chi connectivity index (χ1) is 10.1. The Morgan fingerprint density at radius 3 is 2.57 bits per heavy atom. The van der Waals surface area contributed by atoms with E-state index in [1.54, 1.807) is 13.3 Å². The molecule has 0 bridgehead atoms. The van der Waals surface area contributed by atoms with Crippen LogP contribution in [0.2, 0.25) is 0 Å². The molecule has 0 saturated carbocycles. The second-order valence-electron chi connectivity index (χ2n) is 4.97. The van der Waals surface area contributed by atoms with E-state index >= 15 is 0 Å². The third-order valence-electron chi connectivity index (χ3n) is 3.71. The summed E-state index contributed by atoms with van der Waals surface area (Å²) in [6.45, 7) is 2.08. The quantitative estimate of drug-likeness (QED) is 0.780. The lowest BCUT2D eigenvalue weighted by atomic mass is 10.0. The molecule has 2 aromatic carbocycles. The molecule has 0 spiro atoms. The molecule has 3 rings (SSSR count). The summed E-state index contributed by atoms with van der Waals surface area (Å²) in [7, 11) is 1.68. The second-order valence-corrected chi connectivity index (χ2v) is 5.83. The Kier molecular flexibility index (Phi) is 3.59. The van der Waals surface area contributed by atoms with Gasteiger partial charge in [0.15, 0.2) is 0 Å². The number of nitrogens with two attached hydrogens (primary N) is 1. The van der Waals surface area contributed by atoms with Crippen LogP contribution in [0.3, 0.4) is 0 Å². The number of hydrogen-bond acceptors (Lipinski definition) is 3. The summed E-state index contributed by atoms with van der Waals surface area (Å²) in [5, 5.41) is 6.65. The zero-order valence-corrected chi connectivity index (χ0v) is 13.5. The van der Waals surface area contributed by atoms with Crippen molar-refractivity contribution >= 4 is 32.5 Å². The van der Waals surface area contributed by atoms with E-state index in [2.05, 4.69) is 52.2 Å². The van der Waals surface area contributed by atoms with Gasteiger partial charge in [0.25, 0.3) is 0 Å². The van der Waals surface area contributed by atoms with Gasteiger partial charge >= 0.3 is 0 Å². The Labute approximate surface area is 131 Å². The number of hydrogen-bond donors (Lipinski definition) is 1. The van der Waals surface area contributed by atoms with Crippen LogP contribution in [-0.2, 0) is 0 Å². The third kappa shape index (κ3) is 2.49. The standard InChI is InChI=1S/C16H16BrN3O/c1-10(20-16(18)15(17)9-19-20)11-3-4-13-8-14(21-2)6-5-12(13)7-11/h3-10H,18H2,1-2H3. The van der Waals surface area contributed by atoms with Gasteiger partial charge < -0.3 is 10.5 Å². The number of fused-ring (bicyclic) bond motifs is 1. The van der Waals surface area contributed by atoms with Crippen molar-refractivity contribution in [3.05, 3.63) is 52.6 Å². The molecule has 0 amide bonds. The molecule has 5 heteroatoms. The topological polar surface area (TPSA) is 53.1 Å². The normalized spacial score (nSPS) is 12.5. The van der Waals surface area contributed by atoms with E-state index in [1.165, 1.54) is 5.39 Å². The molecule has 0 aliphatic rings. The lowest BCUT2D eigenvalue weighted by molar-refractivity contribution is 0.415. The molecule has 1 unspecified atom stereocenters. The third-order valence-corrected chi connectivity index (χ3v) is 4.32. The van der Waals surface area contributed by atoms with Crippen LogP contribution in [0.5, 0.6) is 5.75 Å². The Morgan fingerprint density at radius 1 is 1.19 bits per heavy atom. The number of benzene rings is 2. The molecular weight excluding hydrogens is 330 g/mol. The minimum atomic E-state index is 0.0720. The van der Waals surface area contributed by atoms with E-state index in [0.29, 0.717) is 5.82 Å². The highest BCUT2D eigenvalue weighted by atomic mass is 79.9. The number of ether oxygens (including phenoxy) is 1. The maximum Gasteiger partial charge on any atom is 0.136 e. The lowest BCUT2D eigenvalue weighted by Crippen LogP contribution is -2.11. The van der Waals surface area contributed by atoms with Crippen molar-refractivity contribution < 1.29 is 4.74 Å². The summed E-state index contributed by atoms with van der Waals surface area (Å²) in [5.74, 6) is 1.50. The molecule has 2 N–H and O–H groups in total. The summed E-state index contributed by atoms with van der Waals surface area (Å²) < 4.78 is 7.89. The van der Waals surface area contributed by atoms with Crippen LogP contribution in [0.1, 0.15) is 18.5 Å². The van der Waals surface area contributed by atoms with Gasteiger partial charge in [0.2, 0.25) is 0 Å². The van der Waals surface area contributed by atoms with Crippen molar-refractivity contribution in [3.63, 3.8) is 0 Å². The molecule has 0 saturated heterocycles. The Balaban J connectivity index is 2.02. The van der Waals surface area contributed by atoms with Crippen molar-refractivity contribution in [1.29, 1.82) is 0 Å². The molecule has 0 aliphatic carbocycles. The van der Waals surface area contributed by atoms with Gasteiger partial charge in [-0.05, 0) is 57.4 Å². The molecule has 1 aromatic heterocycles. The minimum absolute atomic E-state index is 0.0720. The monoisotopic (exact) mass is 345 g/mol. The molecule has 1 atom stereocenters. The summed E-state index contributed by atoms with van der Waals surface area (Å²) in [4.78, 5) is 0. The van der Waals surface area contributed by atoms with Gasteiger partial charge in [-0.2, -0.15) is 5.10 Å². The van der Waals surface area contributed by atoms with Crippen LogP contribution in [0.25, 0.3) is 10.8 Å². The fraction of sp³-hybridized carbons (Fsp3) is 0.188. The van der Waals surface area contributed by atoms with Gasteiger partial charge in [-0.1, -0.05) is 18.2 Å². The Morgan fingerprint density at radius 2 is 1.90 bits per heavy atom. The number of aromatic nitrogens is 2. The van der Waals surface area contributed by atoms with Crippen LogP contribution in [0.15, 0.2) is 47.1 Å². The van der Waals surface area contributed by atoms with Gasteiger partial charge in [0, 0.05) is 0 Å². The van der Waals surface area contributed by atoms with Crippen LogP contribution in [-0.4, -0.2) is 16.9 Å². The van der Waals surface area contributed by atoms with E-state index in [4.69, 9.17) is 10.5 Å². The highest BCUT2D eigenvalue weighted by Gasteiger charge is 2.14. The lowest BCUT2D eigenvalue weighted by Gasteiger charge is -2.15. The molecule has 0 fully saturated rings. The predicted octanol–water partition coefficient (Wildman–Crippen LogP) is 4.00. The van der Waals surface area contributed by atoms with Crippen molar-refractivity contribution in [2.24, 2.45) is 0 Å². The van der Waals surface area contributed by atoms with Crippen molar-refractivity contribution in [3.8, 4) is 5.75 Å². The van der Waals surface area contributed by atoms with E-state index in [0.717, 1.165) is 21.2 Å². The Bertz CT molecular complexity index is 797. The predicted molar refractivity (Wildman–Crippen MR) is 88.7 cm³/mol. The van der Waals surface area contributed by atoms with E-state index in [1.807, 2.05) is 16.8 Å². The average Bonchev–Trinajstić information content (AvgIpc) is 2.85. The van der Waals surface area contributed by atoms with Gasteiger partial charge in [0.05, 0.1) is 23.8 Å². The van der Waals surface area contributed by atoms with E-state index < -0.39 is 0 Å². The molecule has 108 valence electrons. The highest BCUT2D eigenvalue weighted by molar-refractivity contribution is 9.10. The fourth-order valence-corrected chi connectivity index (χ4v) is 2.70. The van der Waals surface area contributed by atoms with Crippen LogP contribution in [0.4, 0.5) is 5.82 Å².